The molecule has 0 aliphatic carbocycles. The van der Waals surface area contributed by atoms with Crippen molar-refractivity contribution in [2.75, 3.05) is 42.9 Å². The van der Waals surface area contributed by atoms with Crippen molar-refractivity contribution in [2.45, 2.75) is 33.2 Å². The van der Waals surface area contributed by atoms with Gasteiger partial charge in [0, 0.05) is 51.0 Å². The second kappa shape index (κ2) is 11.2. The van der Waals surface area contributed by atoms with Crippen molar-refractivity contribution in [3.63, 3.8) is 0 Å². The number of anilines is 2. The number of hydrogen-bond acceptors (Lipinski definition) is 4. The van der Waals surface area contributed by atoms with Gasteiger partial charge in [0.25, 0.3) is 0 Å². The van der Waals surface area contributed by atoms with Gasteiger partial charge in [-0.2, -0.15) is 0 Å². The second-order valence-corrected chi connectivity index (χ2v) is 7.33. The molecular formula is C23H32N6O. The van der Waals surface area contributed by atoms with E-state index in [1.54, 1.807) is 0 Å². The molecule has 0 spiro atoms. The Morgan fingerprint density at radius 3 is 2.47 bits per heavy atom. The number of piperazine rings is 1. The first-order valence-electron chi connectivity index (χ1n) is 10.8. The summed E-state index contributed by atoms with van der Waals surface area (Å²) >= 11 is 0. The number of nitrogens with one attached hydrogen (secondary N) is 2. The van der Waals surface area contributed by atoms with Gasteiger partial charge in [0.15, 0.2) is 5.96 Å². The van der Waals surface area contributed by atoms with Crippen molar-refractivity contribution in [1.29, 1.82) is 0 Å². The van der Waals surface area contributed by atoms with E-state index in [1.165, 1.54) is 0 Å². The molecule has 2 heterocycles. The Morgan fingerprint density at radius 1 is 1.07 bits per heavy atom. The van der Waals surface area contributed by atoms with E-state index in [2.05, 4.69) is 38.4 Å². The molecule has 0 atom stereocenters. The summed E-state index contributed by atoms with van der Waals surface area (Å²) < 4.78 is 0. The Kier molecular flexibility index (Phi) is 8.06. The zero-order valence-corrected chi connectivity index (χ0v) is 18.0. The first-order chi connectivity index (χ1) is 14.7. The van der Waals surface area contributed by atoms with E-state index in [9.17, 15) is 4.79 Å². The predicted octanol–water partition coefficient (Wildman–Crippen LogP) is 3.11. The maximum absolute atomic E-state index is 11.7. The van der Waals surface area contributed by atoms with Gasteiger partial charge in [-0.3, -0.25) is 4.79 Å². The zero-order valence-electron chi connectivity index (χ0n) is 18.0. The number of carbonyl (C=O) groups excluding carboxylic acids is 1. The van der Waals surface area contributed by atoms with Gasteiger partial charge in [-0.05, 0) is 43.2 Å². The number of aromatic nitrogens is 1. The number of carbonyl (C=O) groups is 1. The van der Waals surface area contributed by atoms with Crippen LogP contribution in [0.2, 0.25) is 0 Å². The predicted molar refractivity (Wildman–Crippen MR) is 123 cm³/mol. The van der Waals surface area contributed by atoms with Gasteiger partial charge < -0.3 is 20.4 Å². The van der Waals surface area contributed by atoms with Crippen LogP contribution in [0, 0.1) is 0 Å². The Bertz CT molecular complexity index is 813. The highest BCUT2D eigenvalue weighted by Crippen LogP contribution is 2.14. The van der Waals surface area contributed by atoms with E-state index in [0.717, 1.165) is 62.2 Å². The minimum absolute atomic E-state index is 0.0579. The van der Waals surface area contributed by atoms with E-state index >= 15 is 0 Å². The van der Waals surface area contributed by atoms with Crippen LogP contribution >= 0.6 is 0 Å². The minimum Gasteiger partial charge on any atom is -0.357 e. The maximum Gasteiger partial charge on any atom is 0.224 e. The van der Waals surface area contributed by atoms with Crippen LogP contribution in [-0.4, -0.2) is 54.5 Å². The highest BCUT2D eigenvalue weighted by atomic mass is 16.1. The molecule has 1 aromatic carbocycles. The normalized spacial score (nSPS) is 14.5. The van der Waals surface area contributed by atoms with Crippen molar-refractivity contribution in [1.82, 2.24) is 15.2 Å². The zero-order chi connectivity index (χ0) is 21.2. The van der Waals surface area contributed by atoms with Crippen molar-refractivity contribution < 1.29 is 4.79 Å². The number of nitrogens with zero attached hydrogens (tertiary/aromatic N) is 4. The summed E-state index contributed by atoms with van der Waals surface area (Å²) in [5.41, 5.74) is 1.95. The molecule has 0 saturated carbocycles. The standard InChI is InChI=1S/C23H32N6O/c1-3-7-22(30)27-20-11-9-19(10-12-20)18-26-23(24-4-2)29-16-14-28(15-17-29)21-8-5-6-13-25-21/h5-6,8-13H,3-4,7,14-18H2,1-2H3,(H,24,26)(H,27,30). The van der Waals surface area contributed by atoms with Crippen molar-refractivity contribution in [2.24, 2.45) is 4.99 Å². The van der Waals surface area contributed by atoms with Crippen LogP contribution in [0.5, 0.6) is 0 Å². The van der Waals surface area contributed by atoms with Crippen LogP contribution in [-0.2, 0) is 11.3 Å². The number of hydrogen-bond donors (Lipinski definition) is 2. The Balaban J connectivity index is 1.56. The molecule has 7 nitrogen and oxygen atoms in total. The molecule has 30 heavy (non-hydrogen) atoms. The third-order valence-corrected chi connectivity index (χ3v) is 5.01. The van der Waals surface area contributed by atoms with Crippen molar-refractivity contribution in [3.8, 4) is 0 Å². The van der Waals surface area contributed by atoms with Crippen LogP contribution in [0.4, 0.5) is 11.5 Å². The van der Waals surface area contributed by atoms with E-state index in [-0.39, 0.29) is 5.91 Å². The molecule has 7 heteroatoms. The molecular weight excluding hydrogens is 376 g/mol. The van der Waals surface area contributed by atoms with Gasteiger partial charge in [-0.25, -0.2) is 9.98 Å². The average Bonchev–Trinajstić information content (AvgIpc) is 2.78. The lowest BCUT2D eigenvalue weighted by Crippen LogP contribution is -2.52. The van der Waals surface area contributed by atoms with Crippen LogP contribution in [0.25, 0.3) is 0 Å². The molecule has 2 N–H and O–H groups in total. The lowest BCUT2D eigenvalue weighted by Gasteiger charge is -2.37. The molecule has 1 aliphatic rings. The number of pyridine rings is 1. The maximum atomic E-state index is 11.7. The molecule has 0 bridgehead atoms. The summed E-state index contributed by atoms with van der Waals surface area (Å²) in [5.74, 6) is 2.03. The highest BCUT2D eigenvalue weighted by molar-refractivity contribution is 5.90. The molecule has 3 rings (SSSR count). The van der Waals surface area contributed by atoms with Gasteiger partial charge in [-0.1, -0.05) is 25.1 Å². The van der Waals surface area contributed by atoms with E-state index < -0.39 is 0 Å². The summed E-state index contributed by atoms with van der Waals surface area (Å²) in [5, 5.41) is 6.33. The number of rotatable bonds is 7. The third-order valence-electron chi connectivity index (χ3n) is 5.01. The average molecular weight is 409 g/mol. The van der Waals surface area contributed by atoms with Gasteiger partial charge >= 0.3 is 0 Å². The molecule has 1 fully saturated rings. The summed E-state index contributed by atoms with van der Waals surface area (Å²) in [7, 11) is 0. The topological polar surface area (TPSA) is 72.9 Å². The second-order valence-electron chi connectivity index (χ2n) is 7.33. The minimum atomic E-state index is 0.0579. The molecule has 1 saturated heterocycles. The molecule has 2 aromatic rings. The number of aliphatic imine (C=N–C) groups is 1. The summed E-state index contributed by atoms with van der Waals surface area (Å²) in [6.45, 7) is 9.19. The van der Waals surface area contributed by atoms with Gasteiger partial charge in [-0.15, -0.1) is 0 Å². The lowest BCUT2D eigenvalue weighted by atomic mass is 10.2. The fraction of sp³-hybridized carbons (Fsp3) is 0.435. The molecule has 1 aromatic heterocycles. The quantitative estimate of drug-likeness (QED) is 0.544. The first kappa shape index (κ1) is 21.6. The van der Waals surface area contributed by atoms with Crippen LogP contribution < -0.4 is 15.5 Å². The summed E-state index contributed by atoms with van der Waals surface area (Å²) in [4.78, 5) is 25.6. The van der Waals surface area contributed by atoms with Gasteiger partial charge in [0.05, 0.1) is 6.54 Å². The van der Waals surface area contributed by atoms with E-state index in [1.807, 2.05) is 49.5 Å². The van der Waals surface area contributed by atoms with Crippen molar-refractivity contribution >= 4 is 23.4 Å². The molecule has 0 unspecified atom stereocenters. The Labute approximate surface area is 179 Å². The highest BCUT2D eigenvalue weighted by Gasteiger charge is 2.20. The van der Waals surface area contributed by atoms with Crippen LogP contribution in [0.1, 0.15) is 32.3 Å². The Hall–Kier alpha value is -3.09. The molecule has 160 valence electrons. The fourth-order valence-electron chi connectivity index (χ4n) is 3.42. The van der Waals surface area contributed by atoms with Crippen molar-refractivity contribution in [3.05, 3.63) is 54.2 Å². The number of benzene rings is 1. The van der Waals surface area contributed by atoms with Gasteiger partial charge in [0.2, 0.25) is 5.91 Å². The smallest absolute Gasteiger partial charge is 0.224 e. The van der Waals surface area contributed by atoms with E-state index in [0.29, 0.717) is 13.0 Å². The van der Waals surface area contributed by atoms with Crippen LogP contribution in [0.15, 0.2) is 53.7 Å². The fourth-order valence-corrected chi connectivity index (χ4v) is 3.42. The number of amides is 1. The molecule has 1 aliphatic heterocycles. The van der Waals surface area contributed by atoms with Gasteiger partial charge in [0.1, 0.15) is 5.82 Å². The number of guanidine groups is 1. The molecule has 1 amide bonds. The van der Waals surface area contributed by atoms with E-state index in [4.69, 9.17) is 4.99 Å². The third kappa shape index (κ3) is 6.20. The summed E-state index contributed by atoms with van der Waals surface area (Å²) in [6, 6.07) is 14.0. The first-order valence-corrected chi connectivity index (χ1v) is 10.8. The lowest BCUT2D eigenvalue weighted by molar-refractivity contribution is -0.116. The SMILES string of the molecule is CCCC(=O)Nc1ccc(CN=C(NCC)N2CCN(c3ccccn3)CC2)cc1. The summed E-state index contributed by atoms with van der Waals surface area (Å²) in [6.07, 6.45) is 3.24. The Morgan fingerprint density at radius 2 is 1.83 bits per heavy atom. The van der Waals surface area contributed by atoms with Crippen LogP contribution in [0.3, 0.4) is 0 Å². The largest absolute Gasteiger partial charge is 0.357 e. The molecule has 0 radical (unpaired) electrons. The monoisotopic (exact) mass is 408 g/mol.